The number of hydrogen-bond donors (Lipinski definition) is 1. The van der Waals surface area contributed by atoms with Crippen LogP contribution < -0.4 is 10.5 Å². The standard InChI is InChI=1S/C16H19N3O2S.2ClH/c17-7-12-5-6-19(8-12)16(20)14-3-1-2-4-15(14)21-9-13-10-22-11-18-13;;/h1-4,10-12H,5-9,17H2;2*1H. The molecule has 1 aliphatic heterocycles. The maximum atomic E-state index is 12.7. The van der Waals surface area contributed by atoms with Gasteiger partial charge in [-0.2, -0.15) is 0 Å². The van der Waals surface area contributed by atoms with Crippen molar-refractivity contribution in [1.29, 1.82) is 0 Å². The SMILES string of the molecule is Cl.Cl.NCC1CCN(C(=O)c2ccccc2OCc2cscn2)C1. The first-order valence-electron chi connectivity index (χ1n) is 7.36. The fraction of sp³-hybridized carbons (Fsp3) is 0.375. The number of thiazole rings is 1. The lowest BCUT2D eigenvalue weighted by Crippen LogP contribution is -2.30. The van der Waals surface area contributed by atoms with Crippen LogP contribution in [0.3, 0.4) is 0 Å². The first kappa shape index (κ1) is 20.7. The van der Waals surface area contributed by atoms with Gasteiger partial charge in [-0.05, 0) is 31.0 Å². The molecule has 0 radical (unpaired) electrons. The summed E-state index contributed by atoms with van der Waals surface area (Å²) in [5, 5.41) is 1.94. The van der Waals surface area contributed by atoms with Crippen LogP contribution in [-0.2, 0) is 6.61 Å². The first-order valence-corrected chi connectivity index (χ1v) is 8.30. The number of ether oxygens (including phenoxy) is 1. The van der Waals surface area contributed by atoms with Gasteiger partial charge < -0.3 is 15.4 Å². The van der Waals surface area contributed by atoms with E-state index in [4.69, 9.17) is 10.5 Å². The molecule has 5 nitrogen and oxygen atoms in total. The van der Waals surface area contributed by atoms with Gasteiger partial charge in [-0.3, -0.25) is 4.79 Å². The Morgan fingerprint density at radius 3 is 2.83 bits per heavy atom. The van der Waals surface area contributed by atoms with Crippen molar-refractivity contribution in [1.82, 2.24) is 9.88 Å². The van der Waals surface area contributed by atoms with Crippen LogP contribution in [0, 0.1) is 5.92 Å². The minimum absolute atomic E-state index is 0. The van der Waals surface area contributed by atoms with Gasteiger partial charge in [0, 0.05) is 18.5 Å². The second-order valence-electron chi connectivity index (χ2n) is 5.41. The highest BCUT2D eigenvalue weighted by molar-refractivity contribution is 7.07. The molecule has 24 heavy (non-hydrogen) atoms. The van der Waals surface area contributed by atoms with Crippen LogP contribution >= 0.6 is 36.2 Å². The molecule has 132 valence electrons. The average molecular weight is 390 g/mol. The number of halogens is 2. The molecule has 1 unspecified atom stereocenters. The van der Waals surface area contributed by atoms with E-state index in [1.54, 1.807) is 5.51 Å². The number of rotatable bonds is 5. The van der Waals surface area contributed by atoms with E-state index >= 15 is 0 Å². The van der Waals surface area contributed by atoms with Crippen LogP contribution in [0.15, 0.2) is 35.2 Å². The summed E-state index contributed by atoms with van der Waals surface area (Å²) in [4.78, 5) is 18.7. The van der Waals surface area contributed by atoms with E-state index in [1.807, 2.05) is 34.5 Å². The quantitative estimate of drug-likeness (QED) is 0.852. The van der Waals surface area contributed by atoms with Crippen LogP contribution in [0.2, 0.25) is 0 Å². The fourth-order valence-electron chi connectivity index (χ4n) is 2.61. The van der Waals surface area contributed by atoms with Crippen molar-refractivity contribution in [2.75, 3.05) is 19.6 Å². The average Bonchev–Trinajstić information content (AvgIpc) is 3.24. The van der Waals surface area contributed by atoms with Gasteiger partial charge in [-0.15, -0.1) is 36.2 Å². The van der Waals surface area contributed by atoms with Gasteiger partial charge in [0.1, 0.15) is 12.4 Å². The Balaban J connectivity index is 0.00000144. The van der Waals surface area contributed by atoms with Gasteiger partial charge in [0.2, 0.25) is 0 Å². The number of nitrogens with two attached hydrogens (primary N) is 1. The highest BCUT2D eigenvalue weighted by Crippen LogP contribution is 2.24. The molecule has 3 rings (SSSR count). The lowest BCUT2D eigenvalue weighted by molar-refractivity contribution is 0.0782. The number of carbonyl (C=O) groups is 1. The molecule has 1 fully saturated rings. The van der Waals surface area contributed by atoms with E-state index < -0.39 is 0 Å². The number of carbonyl (C=O) groups excluding carboxylic acids is 1. The van der Waals surface area contributed by atoms with E-state index in [1.165, 1.54) is 11.3 Å². The molecule has 8 heteroatoms. The first-order chi connectivity index (χ1) is 10.8. The Hall–Kier alpha value is -1.34. The van der Waals surface area contributed by atoms with Crippen molar-refractivity contribution < 1.29 is 9.53 Å². The Morgan fingerprint density at radius 1 is 1.38 bits per heavy atom. The normalized spacial score (nSPS) is 16.2. The molecule has 1 aliphatic rings. The van der Waals surface area contributed by atoms with Crippen LogP contribution in [0.4, 0.5) is 0 Å². The molecule has 1 amide bonds. The van der Waals surface area contributed by atoms with E-state index in [0.717, 1.165) is 25.2 Å². The number of amides is 1. The number of nitrogens with zero attached hydrogens (tertiary/aromatic N) is 2. The lowest BCUT2D eigenvalue weighted by Gasteiger charge is -2.18. The van der Waals surface area contributed by atoms with Crippen molar-refractivity contribution in [3.05, 3.63) is 46.4 Å². The Morgan fingerprint density at radius 2 is 2.17 bits per heavy atom. The lowest BCUT2D eigenvalue weighted by atomic mass is 10.1. The van der Waals surface area contributed by atoms with Gasteiger partial charge in [0.15, 0.2) is 0 Å². The summed E-state index contributed by atoms with van der Waals surface area (Å²) < 4.78 is 5.79. The summed E-state index contributed by atoms with van der Waals surface area (Å²) in [6.45, 7) is 2.50. The van der Waals surface area contributed by atoms with Crippen molar-refractivity contribution in [2.24, 2.45) is 11.7 Å². The second-order valence-corrected chi connectivity index (χ2v) is 6.12. The third-order valence-electron chi connectivity index (χ3n) is 3.88. The summed E-state index contributed by atoms with van der Waals surface area (Å²) in [6, 6.07) is 7.38. The number of benzene rings is 1. The monoisotopic (exact) mass is 389 g/mol. The summed E-state index contributed by atoms with van der Waals surface area (Å²) in [7, 11) is 0. The molecule has 1 atom stereocenters. The topological polar surface area (TPSA) is 68.5 Å². The number of likely N-dealkylation sites (tertiary alicyclic amines) is 1. The Bertz CT molecular complexity index is 640. The van der Waals surface area contributed by atoms with Gasteiger partial charge >= 0.3 is 0 Å². The molecule has 1 saturated heterocycles. The highest BCUT2D eigenvalue weighted by atomic mass is 35.5. The highest BCUT2D eigenvalue weighted by Gasteiger charge is 2.27. The minimum Gasteiger partial charge on any atom is -0.486 e. The number of para-hydroxylation sites is 1. The third kappa shape index (κ3) is 4.83. The van der Waals surface area contributed by atoms with Gasteiger partial charge in [-0.1, -0.05) is 12.1 Å². The third-order valence-corrected chi connectivity index (χ3v) is 4.52. The Kier molecular flexibility index (Phi) is 8.48. The zero-order valence-corrected chi connectivity index (χ0v) is 15.5. The zero-order valence-electron chi connectivity index (χ0n) is 13.1. The molecule has 1 aromatic carbocycles. The van der Waals surface area contributed by atoms with Crippen LogP contribution in [-0.4, -0.2) is 35.4 Å². The molecule has 1 aromatic heterocycles. The van der Waals surface area contributed by atoms with Gasteiger partial charge in [0.05, 0.1) is 16.8 Å². The molecule has 2 heterocycles. The molecule has 2 N–H and O–H groups in total. The molecule has 2 aromatic rings. The fourth-order valence-corrected chi connectivity index (χ4v) is 3.15. The molecule has 0 spiro atoms. The Labute approximate surface area is 158 Å². The van der Waals surface area contributed by atoms with Crippen molar-refractivity contribution >= 4 is 42.1 Å². The van der Waals surface area contributed by atoms with Crippen LogP contribution in [0.5, 0.6) is 5.75 Å². The number of hydrogen-bond acceptors (Lipinski definition) is 5. The largest absolute Gasteiger partial charge is 0.486 e. The second kappa shape index (κ2) is 9.84. The van der Waals surface area contributed by atoms with Crippen molar-refractivity contribution in [2.45, 2.75) is 13.0 Å². The summed E-state index contributed by atoms with van der Waals surface area (Å²) >= 11 is 1.53. The molecular formula is C16H21Cl2N3O2S. The van der Waals surface area contributed by atoms with Gasteiger partial charge in [0.25, 0.3) is 5.91 Å². The molecular weight excluding hydrogens is 369 g/mol. The minimum atomic E-state index is 0. The summed E-state index contributed by atoms with van der Waals surface area (Å²) in [5.41, 5.74) is 8.95. The maximum Gasteiger partial charge on any atom is 0.257 e. The molecule has 0 bridgehead atoms. The van der Waals surface area contributed by atoms with Crippen molar-refractivity contribution in [3.63, 3.8) is 0 Å². The summed E-state index contributed by atoms with van der Waals surface area (Å²) in [5.74, 6) is 1.04. The smallest absolute Gasteiger partial charge is 0.257 e. The molecule has 0 aliphatic carbocycles. The predicted octanol–water partition coefficient (Wildman–Crippen LogP) is 2.99. The van der Waals surface area contributed by atoms with E-state index in [0.29, 0.717) is 30.4 Å². The molecule has 0 saturated carbocycles. The predicted molar refractivity (Wildman–Crippen MR) is 100 cm³/mol. The number of aromatic nitrogens is 1. The van der Waals surface area contributed by atoms with Gasteiger partial charge in [-0.25, -0.2) is 4.98 Å². The van der Waals surface area contributed by atoms with Crippen LogP contribution in [0.25, 0.3) is 0 Å². The maximum absolute atomic E-state index is 12.7. The van der Waals surface area contributed by atoms with Crippen LogP contribution in [0.1, 0.15) is 22.5 Å². The zero-order chi connectivity index (χ0) is 15.4. The van der Waals surface area contributed by atoms with E-state index in [2.05, 4.69) is 4.98 Å². The summed E-state index contributed by atoms with van der Waals surface area (Å²) in [6.07, 6.45) is 0.976. The van der Waals surface area contributed by atoms with E-state index in [-0.39, 0.29) is 30.7 Å². The van der Waals surface area contributed by atoms with E-state index in [9.17, 15) is 4.79 Å². The van der Waals surface area contributed by atoms with Crippen molar-refractivity contribution in [3.8, 4) is 5.75 Å².